The predicted molar refractivity (Wildman–Crippen MR) is 118 cm³/mol. The first-order valence-electron chi connectivity index (χ1n) is 10.0. The van der Waals surface area contributed by atoms with Gasteiger partial charge in [0.1, 0.15) is 15.4 Å². The number of nitrogens with two attached hydrogens (primary N) is 1. The second-order valence-corrected chi connectivity index (χ2v) is 9.65. The molecule has 3 aromatic rings. The van der Waals surface area contributed by atoms with E-state index in [0.29, 0.717) is 16.6 Å². The van der Waals surface area contributed by atoms with Crippen LogP contribution in [-0.2, 0) is 17.5 Å². The molecule has 0 spiro atoms. The van der Waals surface area contributed by atoms with Gasteiger partial charge in [-0.15, -0.1) is 11.3 Å². The van der Waals surface area contributed by atoms with Gasteiger partial charge < -0.3 is 11.1 Å². The van der Waals surface area contributed by atoms with Crippen molar-refractivity contribution in [2.24, 2.45) is 5.73 Å². The molecule has 0 aromatic carbocycles. The molecule has 2 amide bonds. The van der Waals surface area contributed by atoms with E-state index in [1.54, 1.807) is 0 Å². The minimum Gasteiger partial charge on any atom is -0.365 e. The van der Waals surface area contributed by atoms with Crippen LogP contribution in [0, 0.1) is 6.92 Å². The fraction of sp³-hybridized carbons (Fsp3) is 0.400. The Morgan fingerprint density at radius 1 is 1.35 bits per heavy atom. The Kier molecular flexibility index (Phi) is 6.40. The van der Waals surface area contributed by atoms with Gasteiger partial charge in [-0.2, -0.15) is 18.3 Å². The fourth-order valence-electron chi connectivity index (χ4n) is 3.67. The van der Waals surface area contributed by atoms with E-state index in [4.69, 9.17) is 5.73 Å². The van der Waals surface area contributed by atoms with E-state index in [2.05, 4.69) is 31.3 Å². The number of carbonyl (C=O) groups is 2. The number of fused-ring (bicyclic) bond motifs is 1. The maximum absolute atomic E-state index is 13.3. The lowest BCUT2D eigenvalue weighted by Crippen LogP contribution is -2.19. The number of aromatic nitrogens is 3. The van der Waals surface area contributed by atoms with Crippen LogP contribution in [0.1, 0.15) is 63.9 Å². The minimum absolute atomic E-state index is 0.0448. The summed E-state index contributed by atoms with van der Waals surface area (Å²) in [5.74, 6) is -1.55. The predicted octanol–water partition coefficient (Wildman–Crippen LogP) is 5.53. The number of hydrogen-bond donors (Lipinski definition) is 2. The number of thiophene rings is 1. The third-order valence-corrected chi connectivity index (χ3v) is 7.19. The Morgan fingerprint density at radius 3 is 2.59 bits per heavy atom. The Labute approximate surface area is 201 Å². The van der Waals surface area contributed by atoms with Crippen LogP contribution in [0.3, 0.4) is 0 Å². The maximum atomic E-state index is 13.3. The van der Waals surface area contributed by atoms with Crippen LogP contribution >= 0.6 is 27.3 Å². The van der Waals surface area contributed by atoms with Crippen LogP contribution in [0.5, 0.6) is 0 Å². The highest BCUT2D eigenvalue weighted by Crippen LogP contribution is 2.47. The molecule has 1 saturated carbocycles. The molecule has 182 valence electrons. The van der Waals surface area contributed by atoms with Crippen LogP contribution in [0.15, 0.2) is 10.5 Å². The monoisotopic (exact) mass is 565 g/mol. The van der Waals surface area contributed by atoms with Crippen molar-refractivity contribution in [2.45, 2.75) is 51.3 Å². The molecule has 4 rings (SSSR count). The third-order valence-electron chi connectivity index (χ3n) is 5.31. The van der Waals surface area contributed by atoms with E-state index in [9.17, 15) is 31.5 Å². The molecule has 3 N–H and O–H groups in total. The second-order valence-electron chi connectivity index (χ2n) is 7.86. The molecule has 14 heteroatoms. The van der Waals surface area contributed by atoms with E-state index in [1.165, 1.54) is 11.6 Å². The summed E-state index contributed by atoms with van der Waals surface area (Å²) >= 11 is 3.77. The summed E-state index contributed by atoms with van der Waals surface area (Å²) in [5, 5.41) is 6.52. The van der Waals surface area contributed by atoms with Gasteiger partial charge in [-0.25, -0.2) is 13.8 Å². The molecule has 0 atom stereocenters. The highest BCUT2D eigenvalue weighted by atomic mass is 79.9. The summed E-state index contributed by atoms with van der Waals surface area (Å²) in [6, 6.07) is 1.15. The van der Waals surface area contributed by atoms with Gasteiger partial charge in [-0.3, -0.25) is 14.3 Å². The summed E-state index contributed by atoms with van der Waals surface area (Å²) < 4.78 is 67.1. The molecule has 0 radical (unpaired) electrons. The van der Waals surface area contributed by atoms with Crippen LogP contribution in [0.4, 0.5) is 27.6 Å². The van der Waals surface area contributed by atoms with Crippen LogP contribution in [0.2, 0.25) is 0 Å². The number of anilines is 1. The Hall–Kier alpha value is -2.61. The third kappa shape index (κ3) is 4.65. The van der Waals surface area contributed by atoms with Gasteiger partial charge >= 0.3 is 6.18 Å². The van der Waals surface area contributed by atoms with E-state index in [0.717, 1.165) is 30.2 Å². The SMILES string of the molecule is Cc1cc(C(F)F)nc2sc(C(N)=O)c(NC(=O)CCn3nc(C(F)(F)F)c(Br)c3C3CC3)c12. The maximum Gasteiger partial charge on any atom is 0.436 e. The van der Waals surface area contributed by atoms with Gasteiger partial charge in [-0.05, 0) is 47.3 Å². The van der Waals surface area contributed by atoms with Crippen LogP contribution in [0.25, 0.3) is 10.2 Å². The lowest BCUT2D eigenvalue weighted by molar-refractivity contribution is -0.142. The number of carbonyl (C=O) groups excluding carboxylic acids is 2. The summed E-state index contributed by atoms with van der Waals surface area (Å²) in [6.07, 6.45) is -6.27. The number of nitrogens with zero attached hydrogens (tertiary/aromatic N) is 3. The summed E-state index contributed by atoms with van der Waals surface area (Å²) in [6.45, 7) is 1.40. The molecule has 1 fully saturated rings. The molecule has 7 nitrogen and oxygen atoms in total. The van der Waals surface area contributed by atoms with Crippen LogP contribution < -0.4 is 11.1 Å². The molecule has 34 heavy (non-hydrogen) atoms. The number of halogens is 6. The van der Waals surface area contributed by atoms with Gasteiger partial charge in [0.2, 0.25) is 5.91 Å². The first-order valence-corrected chi connectivity index (χ1v) is 11.6. The normalized spacial score (nSPS) is 14.2. The second kappa shape index (κ2) is 8.87. The fourth-order valence-corrected chi connectivity index (χ4v) is 5.57. The highest BCUT2D eigenvalue weighted by Gasteiger charge is 2.41. The largest absolute Gasteiger partial charge is 0.436 e. The zero-order valence-corrected chi connectivity index (χ0v) is 19.9. The zero-order valence-electron chi connectivity index (χ0n) is 17.5. The first kappa shape index (κ1) is 24.5. The number of pyridine rings is 1. The summed E-state index contributed by atoms with van der Waals surface area (Å²) in [5.41, 5.74) is 4.68. The van der Waals surface area contributed by atoms with Crippen molar-refractivity contribution in [1.29, 1.82) is 0 Å². The van der Waals surface area contributed by atoms with Crippen LogP contribution in [-0.4, -0.2) is 26.6 Å². The Bertz CT molecular complexity index is 1300. The van der Waals surface area contributed by atoms with Crippen molar-refractivity contribution in [1.82, 2.24) is 14.8 Å². The van der Waals surface area contributed by atoms with Crippen molar-refractivity contribution in [3.05, 3.63) is 38.1 Å². The van der Waals surface area contributed by atoms with E-state index < -0.39 is 35.8 Å². The van der Waals surface area contributed by atoms with E-state index in [-0.39, 0.29) is 38.8 Å². The molecule has 3 aromatic heterocycles. The lowest BCUT2D eigenvalue weighted by Gasteiger charge is -2.10. The van der Waals surface area contributed by atoms with Crippen molar-refractivity contribution >= 4 is 55.0 Å². The number of aryl methyl sites for hydroxylation is 2. The smallest absolute Gasteiger partial charge is 0.365 e. The quantitative estimate of drug-likeness (QED) is 0.368. The molecule has 0 aliphatic heterocycles. The van der Waals surface area contributed by atoms with Gasteiger partial charge in [0.15, 0.2) is 5.69 Å². The molecule has 1 aliphatic carbocycles. The molecular weight excluding hydrogens is 549 g/mol. The standard InChI is InChI=1S/C20H17BrF5N5O2S/c1-7-6-9(17(22)23)28-19-11(7)13(15(34-19)18(27)33)29-10(32)4-5-31-14(8-2-3-8)12(21)16(30-31)20(24,25)26/h6,8,17H,2-5H2,1H3,(H2,27,33)(H,29,32). The first-order chi connectivity index (χ1) is 15.9. The Morgan fingerprint density at radius 2 is 2.03 bits per heavy atom. The van der Waals surface area contributed by atoms with E-state index >= 15 is 0 Å². The Balaban J connectivity index is 1.60. The van der Waals surface area contributed by atoms with Crippen molar-refractivity contribution in [2.75, 3.05) is 5.32 Å². The molecule has 3 heterocycles. The van der Waals surface area contributed by atoms with Gasteiger partial charge in [0.05, 0.1) is 22.4 Å². The molecule has 0 unspecified atom stereocenters. The van der Waals surface area contributed by atoms with Crippen molar-refractivity contribution in [3.63, 3.8) is 0 Å². The number of rotatable bonds is 7. The number of hydrogen-bond acceptors (Lipinski definition) is 5. The molecular formula is C20H17BrF5N5O2S. The lowest BCUT2D eigenvalue weighted by atomic mass is 10.1. The minimum atomic E-state index is -4.65. The summed E-state index contributed by atoms with van der Waals surface area (Å²) in [4.78, 5) is 28.5. The topological polar surface area (TPSA) is 103 Å². The molecule has 0 saturated heterocycles. The van der Waals surface area contributed by atoms with E-state index in [1.807, 2.05) is 0 Å². The van der Waals surface area contributed by atoms with Crippen molar-refractivity contribution in [3.8, 4) is 0 Å². The zero-order chi connectivity index (χ0) is 24.9. The highest BCUT2D eigenvalue weighted by molar-refractivity contribution is 9.10. The summed E-state index contributed by atoms with van der Waals surface area (Å²) in [7, 11) is 0. The number of amides is 2. The average molecular weight is 566 g/mol. The number of alkyl halides is 5. The number of primary amides is 1. The van der Waals surface area contributed by atoms with Crippen molar-refractivity contribution < 1.29 is 31.5 Å². The van der Waals surface area contributed by atoms with Gasteiger partial charge in [0.25, 0.3) is 12.3 Å². The molecule has 1 aliphatic rings. The molecule has 0 bridgehead atoms. The average Bonchev–Trinajstić information content (AvgIpc) is 3.40. The number of nitrogens with one attached hydrogen (secondary N) is 1. The van der Waals surface area contributed by atoms with Gasteiger partial charge in [0, 0.05) is 17.7 Å². The van der Waals surface area contributed by atoms with Gasteiger partial charge in [-0.1, -0.05) is 0 Å².